The van der Waals surface area contributed by atoms with Gasteiger partial charge >= 0.3 is 24.6 Å². The molecule has 220 valence electrons. The Morgan fingerprint density at radius 2 is 1.17 bits per heavy atom. The lowest BCUT2D eigenvalue weighted by molar-refractivity contribution is -0.252. The van der Waals surface area contributed by atoms with Gasteiger partial charge in [-0.25, -0.2) is 35.9 Å². The highest BCUT2D eigenvalue weighted by molar-refractivity contribution is 7.90. The van der Waals surface area contributed by atoms with E-state index in [2.05, 4.69) is 10.1 Å². The van der Waals surface area contributed by atoms with Crippen molar-refractivity contribution in [2.24, 2.45) is 0 Å². The summed E-state index contributed by atoms with van der Waals surface area (Å²) in [5, 5.41) is 3.95. The molecule has 0 radical (unpaired) electrons. The smallest absolute Gasteiger partial charge is 0.426 e. The lowest BCUT2D eigenvalue weighted by Crippen LogP contribution is -2.36. The maximum atomic E-state index is 13.6. The highest BCUT2D eigenvalue weighted by atomic mass is 32.2. The van der Waals surface area contributed by atoms with Crippen molar-refractivity contribution in [2.75, 3.05) is 10.6 Å². The summed E-state index contributed by atoms with van der Waals surface area (Å²) in [7, 11) is -8.79. The molecule has 11 nitrogen and oxygen atoms in total. The van der Waals surface area contributed by atoms with Crippen molar-refractivity contribution in [3.05, 3.63) is 77.9 Å². The number of halogens is 4. The second-order valence-corrected chi connectivity index (χ2v) is 11.8. The van der Waals surface area contributed by atoms with Crippen LogP contribution in [0.3, 0.4) is 0 Å². The predicted molar refractivity (Wildman–Crippen MR) is 139 cm³/mol. The van der Waals surface area contributed by atoms with Crippen molar-refractivity contribution in [3.8, 4) is 5.75 Å². The van der Waals surface area contributed by atoms with Crippen LogP contribution in [0.5, 0.6) is 5.75 Å². The Balaban J connectivity index is 1.84. The number of hydrogen-bond donors (Lipinski definition) is 4. The maximum absolute atomic E-state index is 13.6. The quantitative estimate of drug-likeness (QED) is 0.256. The first-order valence-corrected chi connectivity index (χ1v) is 14.2. The van der Waals surface area contributed by atoms with Gasteiger partial charge < -0.3 is 15.4 Å². The van der Waals surface area contributed by atoms with E-state index >= 15 is 0 Å². The van der Waals surface area contributed by atoms with Gasteiger partial charge in [-0.05, 0) is 56.3 Å². The number of urea groups is 2. The van der Waals surface area contributed by atoms with E-state index in [0.717, 1.165) is 23.3 Å². The first-order valence-electron chi connectivity index (χ1n) is 11.3. The summed E-state index contributed by atoms with van der Waals surface area (Å²) in [4.78, 5) is 24.2. The van der Waals surface area contributed by atoms with Crippen molar-refractivity contribution >= 4 is 43.5 Å². The molecule has 3 aromatic rings. The number of rotatable bonds is 9. The fourth-order valence-electron chi connectivity index (χ4n) is 3.09. The van der Waals surface area contributed by atoms with Crippen LogP contribution >= 0.6 is 0 Å². The largest absolute Gasteiger partial charge is 0.461 e. The molecular formula is C24H22F4N4O7S2. The van der Waals surface area contributed by atoms with Crippen molar-refractivity contribution in [3.63, 3.8) is 0 Å². The number of aryl methyl sites for hydroxylation is 2. The minimum absolute atomic E-state index is 0.245. The van der Waals surface area contributed by atoms with Gasteiger partial charge in [-0.1, -0.05) is 35.4 Å². The van der Waals surface area contributed by atoms with Gasteiger partial charge in [0.25, 0.3) is 20.0 Å². The van der Waals surface area contributed by atoms with E-state index in [9.17, 15) is 44.0 Å². The molecular weight excluding hydrogens is 596 g/mol. The number of carbonyl (C=O) groups is 2. The molecule has 0 unspecified atom stereocenters. The van der Waals surface area contributed by atoms with Crippen molar-refractivity contribution < 1.29 is 48.7 Å². The van der Waals surface area contributed by atoms with Crippen LogP contribution in [0.25, 0.3) is 0 Å². The SMILES string of the molecule is Cc1ccc(S(=O)(=O)NC(=O)Nc2ccc(OC(F)(F)C(F)F)c(NC(=O)NS(=O)(=O)c3ccc(C)cc3)c2)cc1. The molecule has 0 spiro atoms. The van der Waals surface area contributed by atoms with Crippen LogP contribution in [0.4, 0.5) is 38.5 Å². The lowest BCUT2D eigenvalue weighted by Gasteiger charge is -2.20. The molecule has 0 saturated heterocycles. The number of sulfonamides is 2. The zero-order valence-corrected chi connectivity index (χ0v) is 22.7. The summed E-state index contributed by atoms with van der Waals surface area (Å²) < 4.78 is 110. The molecule has 4 amide bonds. The van der Waals surface area contributed by atoms with Gasteiger partial charge in [0.05, 0.1) is 15.5 Å². The number of ether oxygens (including phenoxy) is 1. The highest BCUT2D eigenvalue weighted by Crippen LogP contribution is 2.34. The van der Waals surface area contributed by atoms with Gasteiger partial charge in [-0.15, -0.1) is 0 Å². The molecule has 0 aliphatic heterocycles. The summed E-state index contributed by atoms with van der Waals surface area (Å²) in [6.07, 6.45) is -9.29. The average molecular weight is 619 g/mol. The molecule has 4 N–H and O–H groups in total. The minimum Gasteiger partial charge on any atom is -0.426 e. The summed E-state index contributed by atoms with van der Waals surface area (Å²) in [5.74, 6) is -1.03. The fourth-order valence-corrected chi connectivity index (χ4v) is 4.90. The molecule has 0 bridgehead atoms. The fraction of sp³-hybridized carbons (Fsp3) is 0.167. The summed E-state index contributed by atoms with van der Waals surface area (Å²) in [5.41, 5.74) is 0.367. The molecule has 0 fully saturated rings. The van der Waals surface area contributed by atoms with E-state index in [4.69, 9.17) is 0 Å². The number of benzene rings is 3. The van der Waals surface area contributed by atoms with Crippen molar-refractivity contribution in [1.29, 1.82) is 0 Å². The van der Waals surface area contributed by atoms with E-state index in [1.165, 1.54) is 48.5 Å². The van der Waals surface area contributed by atoms with Crippen LogP contribution in [0.2, 0.25) is 0 Å². The molecule has 0 aliphatic carbocycles. The summed E-state index contributed by atoms with van der Waals surface area (Å²) in [6.45, 7) is 3.40. The molecule has 17 heteroatoms. The Bertz CT molecular complexity index is 1650. The normalized spacial score (nSPS) is 12.0. The zero-order chi connectivity index (χ0) is 30.6. The van der Waals surface area contributed by atoms with Gasteiger partial charge in [-0.2, -0.15) is 17.6 Å². The highest BCUT2D eigenvalue weighted by Gasteiger charge is 2.44. The maximum Gasteiger partial charge on any atom is 0.461 e. The monoisotopic (exact) mass is 618 g/mol. The van der Waals surface area contributed by atoms with E-state index in [1.807, 2.05) is 5.32 Å². The number of hydrogen-bond acceptors (Lipinski definition) is 7. The van der Waals surface area contributed by atoms with Gasteiger partial charge in [0, 0.05) is 5.69 Å². The predicted octanol–water partition coefficient (Wildman–Crippen LogP) is 4.56. The third kappa shape index (κ3) is 8.31. The Morgan fingerprint density at radius 3 is 1.61 bits per heavy atom. The van der Waals surface area contributed by atoms with Gasteiger partial charge in [-0.3, -0.25) is 0 Å². The molecule has 41 heavy (non-hydrogen) atoms. The summed E-state index contributed by atoms with van der Waals surface area (Å²) in [6, 6.07) is 10.2. The second kappa shape index (κ2) is 12.0. The van der Waals surface area contributed by atoms with Crippen LogP contribution in [0, 0.1) is 13.8 Å². The van der Waals surface area contributed by atoms with Gasteiger partial charge in [0.1, 0.15) is 5.75 Å². The molecule has 0 saturated carbocycles. The standard InChI is InChI=1S/C24H22F4N4O7S2/c1-14-3-8-17(9-4-14)40(35,36)31-22(33)29-16-7-12-20(39-24(27,28)21(25)26)19(13-16)30-23(34)32-41(37,38)18-10-5-15(2)6-11-18/h3-13,21H,1-2H3,(H2,29,31,33)(H2,30,32,34). The molecule has 3 rings (SSSR count). The number of carbonyl (C=O) groups excluding carboxylic acids is 2. The van der Waals surface area contributed by atoms with Gasteiger partial charge in [0.15, 0.2) is 0 Å². The molecule has 0 heterocycles. The molecule has 0 atom stereocenters. The van der Waals surface area contributed by atoms with Crippen molar-refractivity contribution in [1.82, 2.24) is 9.44 Å². The van der Waals surface area contributed by atoms with Crippen LogP contribution in [-0.2, 0) is 20.0 Å². The Labute approximate surface area is 232 Å². The molecule has 0 aromatic heterocycles. The Kier molecular flexibility index (Phi) is 9.13. The summed E-state index contributed by atoms with van der Waals surface area (Å²) >= 11 is 0. The third-order valence-corrected chi connectivity index (χ3v) is 7.80. The van der Waals surface area contributed by atoms with E-state index in [0.29, 0.717) is 6.07 Å². The number of alkyl halides is 4. The number of amides is 4. The topological polar surface area (TPSA) is 160 Å². The van der Waals surface area contributed by atoms with E-state index in [-0.39, 0.29) is 15.5 Å². The third-order valence-electron chi connectivity index (χ3n) is 5.10. The van der Waals surface area contributed by atoms with Gasteiger partial charge in [0.2, 0.25) is 0 Å². The Morgan fingerprint density at radius 1 is 0.732 bits per heavy atom. The number of anilines is 2. The number of nitrogens with one attached hydrogen (secondary N) is 4. The van der Waals surface area contributed by atoms with Crippen LogP contribution < -0.4 is 24.8 Å². The average Bonchev–Trinajstić information content (AvgIpc) is 2.85. The first kappa shape index (κ1) is 31.2. The molecule has 3 aromatic carbocycles. The van der Waals surface area contributed by atoms with E-state index < -0.39 is 56.1 Å². The second-order valence-electron chi connectivity index (χ2n) is 8.42. The molecule has 0 aliphatic rings. The van der Waals surface area contributed by atoms with Crippen LogP contribution in [0.1, 0.15) is 11.1 Å². The van der Waals surface area contributed by atoms with E-state index in [1.54, 1.807) is 23.3 Å². The van der Waals surface area contributed by atoms with Crippen molar-refractivity contribution in [2.45, 2.75) is 36.2 Å². The zero-order valence-electron chi connectivity index (χ0n) is 21.1. The Hall–Kier alpha value is -4.38. The van der Waals surface area contributed by atoms with Crippen LogP contribution in [-0.4, -0.2) is 41.4 Å². The van der Waals surface area contributed by atoms with Crippen LogP contribution in [0.15, 0.2) is 76.5 Å². The minimum atomic E-state index is -5.02. The lowest BCUT2D eigenvalue weighted by atomic mass is 10.2. The first-order chi connectivity index (χ1) is 19.0.